The van der Waals surface area contributed by atoms with E-state index in [0.29, 0.717) is 31.7 Å². The predicted molar refractivity (Wildman–Crippen MR) is 85.7 cm³/mol. The van der Waals surface area contributed by atoms with Crippen LogP contribution in [0.15, 0.2) is 18.2 Å². The molecule has 6 heteroatoms. The molecule has 1 saturated heterocycles. The summed E-state index contributed by atoms with van der Waals surface area (Å²) < 4.78 is 26.9. The van der Waals surface area contributed by atoms with E-state index in [1.54, 1.807) is 0 Å². The quantitative estimate of drug-likeness (QED) is 0.923. The fourth-order valence-corrected chi connectivity index (χ4v) is 2.88. The second-order valence-electron chi connectivity index (χ2n) is 6.35. The first-order chi connectivity index (χ1) is 10.8. The van der Waals surface area contributed by atoms with E-state index in [1.807, 2.05) is 25.7 Å². The molecule has 0 radical (unpaired) electrons. The number of piperazine rings is 1. The van der Waals surface area contributed by atoms with Crippen molar-refractivity contribution in [1.29, 1.82) is 0 Å². The highest BCUT2D eigenvalue weighted by Gasteiger charge is 2.29. The summed E-state index contributed by atoms with van der Waals surface area (Å²) in [5.41, 5.74) is 6.28. The average molecular weight is 325 g/mol. The van der Waals surface area contributed by atoms with Gasteiger partial charge in [-0.3, -0.25) is 9.69 Å². The highest BCUT2D eigenvalue weighted by Crippen LogP contribution is 2.25. The summed E-state index contributed by atoms with van der Waals surface area (Å²) in [6.45, 7) is 8.10. The molecule has 3 unspecified atom stereocenters. The molecule has 1 aliphatic rings. The van der Waals surface area contributed by atoms with E-state index < -0.39 is 11.6 Å². The van der Waals surface area contributed by atoms with Crippen molar-refractivity contribution in [2.24, 2.45) is 11.7 Å². The largest absolute Gasteiger partial charge is 0.340 e. The van der Waals surface area contributed by atoms with Gasteiger partial charge in [0.1, 0.15) is 11.6 Å². The van der Waals surface area contributed by atoms with Crippen LogP contribution in [0.25, 0.3) is 0 Å². The maximum absolute atomic E-state index is 13.9. The normalized spacial score (nSPS) is 20.2. The van der Waals surface area contributed by atoms with E-state index in [1.165, 1.54) is 12.1 Å². The molecule has 4 nitrogen and oxygen atoms in total. The van der Waals surface area contributed by atoms with Crippen LogP contribution in [0.1, 0.15) is 32.4 Å². The number of hydrogen-bond donors (Lipinski definition) is 1. The lowest BCUT2D eigenvalue weighted by atomic mass is 10.0. The molecule has 1 aromatic rings. The summed E-state index contributed by atoms with van der Waals surface area (Å²) in [6, 6.07) is 3.35. The van der Waals surface area contributed by atoms with Crippen molar-refractivity contribution in [3.63, 3.8) is 0 Å². The Bertz CT molecular complexity index is 557. The van der Waals surface area contributed by atoms with Gasteiger partial charge in [0.15, 0.2) is 0 Å². The molecule has 128 valence electrons. The second-order valence-corrected chi connectivity index (χ2v) is 6.35. The van der Waals surface area contributed by atoms with Crippen LogP contribution in [0, 0.1) is 17.6 Å². The van der Waals surface area contributed by atoms with E-state index in [9.17, 15) is 13.6 Å². The van der Waals surface area contributed by atoms with Gasteiger partial charge >= 0.3 is 0 Å². The van der Waals surface area contributed by atoms with Gasteiger partial charge in [-0.15, -0.1) is 0 Å². The second kappa shape index (κ2) is 7.36. The summed E-state index contributed by atoms with van der Waals surface area (Å²) in [6.07, 6.45) is 0. The van der Waals surface area contributed by atoms with Crippen LogP contribution in [-0.4, -0.2) is 47.9 Å². The molecule has 1 amide bonds. The first-order valence-corrected chi connectivity index (χ1v) is 8.04. The maximum Gasteiger partial charge on any atom is 0.227 e. The van der Waals surface area contributed by atoms with Crippen LogP contribution in [0.2, 0.25) is 0 Å². The molecule has 1 heterocycles. The fourth-order valence-electron chi connectivity index (χ4n) is 2.88. The van der Waals surface area contributed by atoms with Crippen LogP contribution >= 0.6 is 0 Å². The fraction of sp³-hybridized carbons (Fsp3) is 0.588. The molecule has 0 saturated carbocycles. The highest BCUT2D eigenvalue weighted by atomic mass is 19.1. The van der Waals surface area contributed by atoms with Crippen molar-refractivity contribution >= 4 is 5.91 Å². The molecule has 0 bridgehead atoms. The zero-order valence-electron chi connectivity index (χ0n) is 13.9. The van der Waals surface area contributed by atoms with Crippen molar-refractivity contribution in [3.8, 4) is 0 Å². The third-order valence-corrected chi connectivity index (χ3v) is 4.76. The van der Waals surface area contributed by atoms with E-state index in [2.05, 4.69) is 4.90 Å². The van der Waals surface area contributed by atoms with Crippen molar-refractivity contribution in [3.05, 3.63) is 35.4 Å². The first-order valence-electron chi connectivity index (χ1n) is 8.04. The van der Waals surface area contributed by atoms with Crippen molar-refractivity contribution < 1.29 is 13.6 Å². The average Bonchev–Trinajstić information content (AvgIpc) is 2.53. The highest BCUT2D eigenvalue weighted by molar-refractivity contribution is 5.79. The summed E-state index contributed by atoms with van der Waals surface area (Å²) in [4.78, 5) is 16.2. The molecule has 3 atom stereocenters. The number of nitrogens with zero attached hydrogens (tertiary/aromatic N) is 2. The van der Waals surface area contributed by atoms with Crippen LogP contribution in [0.3, 0.4) is 0 Å². The number of hydrogen-bond acceptors (Lipinski definition) is 3. The molecule has 1 aromatic carbocycles. The first kappa shape index (κ1) is 17.8. The van der Waals surface area contributed by atoms with Crippen LogP contribution in [0.5, 0.6) is 0 Å². The zero-order valence-corrected chi connectivity index (χ0v) is 13.9. The SMILES string of the molecule is CC(N)C(C)C(=O)N1CCN(C(C)c2ccc(F)cc2F)CC1. The van der Waals surface area contributed by atoms with Gasteiger partial charge in [0.05, 0.1) is 5.92 Å². The summed E-state index contributed by atoms with van der Waals surface area (Å²) in [7, 11) is 0. The van der Waals surface area contributed by atoms with Gasteiger partial charge in [-0.1, -0.05) is 13.0 Å². The van der Waals surface area contributed by atoms with E-state index in [-0.39, 0.29) is 23.9 Å². The Kier molecular flexibility index (Phi) is 5.70. The van der Waals surface area contributed by atoms with Crippen LogP contribution in [0.4, 0.5) is 8.78 Å². The Hall–Kier alpha value is -1.53. The zero-order chi connectivity index (χ0) is 17.1. The smallest absolute Gasteiger partial charge is 0.227 e. The molecule has 0 aromatic heterocycles. The molecule has 2 rings (SSSR count). The molecular formula is C17H25F2N3O. The Morgan fingerprint density at radius 1 is 1.13 bits per heavy atom. The minimum absolute atomic E-state index is 0.0697. The Balaban J connectivity index is 1.97. The maximum atomic E-state index is 13.9. The Labute approximate surface area is 136 Å². The summed E-state index contributed by atoms with van der Waals surface area (Å²) in [5.74, 6) is -1.23. The Morgan fingerprint density at radius 2 is 1.74 bits per heavy atom. The standard InChI is InChI=1S/C17H25F2N3O/c1-11(12(2)20)17(23)22-8-6-21(7-9-22)13(3)15-5-4-14(18)10-16(15)19/h4-5,10-13H,6-9,20H2,1-3H3. The third kappa shape index (κ3) is 4.06. The molecule has 1 aliphatic heterocycles. The van der Waals surface area contributed by atoms with Gasteiger partial charge in [-0.2, -0.15) is 0 Å². The van der Waals surface area contributed by atoms with E-state index in [0.717, 1.165) is 6.07 Å². The molecule has 0 spiro atoms. The van der Waals surface area contributed by atoms with Crippen molar-refractivity contribution in [2.45, 2.75) is 32.9 Å². The van der Waals surface area contributed by atoms with E-state index >= 15 is 0 Å². The lowest BCUT2D eigenvalue weighted by Crippen LogP contribution is -2.52. The van der Waals surface area contributed by atoms with Gasteiger partial charge in [0.2, 0.25) is 5.91 Å². The molecular weight excluding hydrogens is 300 g/mol. The number of carbonyl (C=O) groups is 1. The van der Waals surface area contributed by atoms with Crippen molar-refractivity contribution in [2.75, 3.05) is 26.2 Å². The number of nitrogens with two attached hydrogens (primary N) is 1. The van der Waals surface area contributed by atoms with Crippen LogP contribution < -0.4 is 5.73 Å². The van der Waals surface area contributed by atoms with Crippen LogP contribution in [-0.2, 0) is 4.79 Å². The lowest BCUT2D eigenvalue weighted by Gasteiger charge is -2.39. The topological polar surface area (TPSA) is 49.6 Å². The van der Waals surface area contributed by atoms with Gasteiger partial charge in [-0.25, -0.2) is 8.78 Å². The van der Waals surface area contributed by atoms with Gasteiger partial charge < -0.3 is 10.6 Å². The monoisotopic (exact) mass is 325 g/mol. The molecule has 0 aliphatic carbocycles. The minimum atomic E-state index is -0.571. The van der Waals surface area contributed by atoms with E-state index in [4.69, 9.17) is 5.73 Å². The number of rotatable bonds is 4. The number of amides is 1. The van der Waals surface area contributed by atoms with Gasteiger partial charge in [0.25, 0.3) is 0 Å². The van der Waals surface area contributed by atoms with Gasteiger partial charge in [-0.05, 0) is 19.9 Å². The minimum Gasteiger partial charge on any atom is -0.340 e. The predicted octanol–water partition coefficient (Wildman–Crippen LogP) is 2.15. The Morgan fingerprint density at radius 3 is 2.26 bits per heavy atom. The lowest BCUT2D eigenvalue weighted by molar-refractivity contribution is -0.137. The van der Waals surface area contributed by atoms with Crippen molar-refractivity contribution in [1.82, 2.24) is 9.80 Å². The number of halogens is 2. The number of carbonyl (C=O) groups excluding carboxylic acids is 1. The summed E-state index contributed by atoms with van der Waals surface area (Å²) in [5, 5.41) is 0. The summed E-state index contributed by atoms with van der Waals surface area (Å²) >= 11 is 0. The molecule has 23 heavy (non-hydrogen) atoms. The number of benzene rings is 1. The van der Waals surface area contributed by atoms with Gasteiger partial charge in [0, 0.05) is 49.9 Å². The molecule has 1 fully saturated rings. The third-order valence-electron chi connectivity index (χ3n) is 4.76. The molecule has 2 N–H and O–H groups in total.